The summed E-state index contributed by atoms with van der Waals surface area (Å²) in [7, 11) is 0. The molecule has 0 radical (unpaired) electrons. The number of piperazine rings is 1. The van der Waals surface area contributed by atoms with Crippen molar-refractivity contribution >= 4 is 29.2 Å². The zero-order chi connectivity index (χ0) is 20.3. The molecule has 1 saturated heterocycles. The van der Waals surface area contributed by atoms with Crippen LogP contribution in [0.4, 0.5) is 13.2 Å². The Kier molecular flexibility index (Phi) is 7.61. The number of aromatic nitrogens is 2. The fraction of sp³-hybridized carbons (Fsp3) is 0.500. The van der Waals surface area contributed by atoms with Crippen LogP contribution in [-0.2, 0) is 11.3 Å². The van der Waals surface area contributed by atoms with Crippen LogP contribution >= 0.6 is 12.4 Å². The monoisotopic (exact) mass is 433 g/mol. The SMILES string of the molecule is Cc1cccc2c(=O)n(CC(=O)NCC(N3CCNCC3)C(F)(F)F)cnc12.Cl. The molecule has 1 aromatic carbocycles. The minimum Gasteiger partial charge on any atom is -0.353 e. The number of halogens is 4. The average Bonchev–Trinajstić information content (AvgIpc) is 2.64. The van der Waals surface area contributed by atoms with Gasteiger partial charge in [0.15, 0.2) is 0 Å². The van der Waals surface area contributed by atoms with Gasteiger partial charge in [0.05, 0.1) is 17.2 Å². The van der Waals surface area contributed by atoms with Crippen LogP contribution in [0.5, 0.6) is 0 Å². The first-order valence-corrected chi connectivity index (χ1v) is 9.00. The van der Waals surface area contributed by atoms with Crippen LogP contribution in [-0.4, -0.2) is 65.3 Å². The van der Waals surface area contributed by atoms with Crippen molar-refractivity contribution in [2.45, 2.75) is 25.7 Å². The predicted octanol–water partition coefficient (Wildman–Crippen LogP) is 1.08. The number of hydrogen-bond acceptors (Lipinski definition) is 5. The number of nitrogens with zero attached hydrogens (tertiary/aromatic N) is 3. The smallest absolute Gasteiger partial charge is 0.353 e. The van der Waals surface area contributed by atoms with E-state index in [1.807, 2.05) is 13.0 Å². The lowest BCUT2D eigenvalue weighted by Crippen LogP contribution is -2.57. The van der Waals surface area contributed by atoms with Crippen LogP contribution < -0.4 is 16.2 Å². The van der Waals surface area contributed by atoms with Crippen molar-refractivity contribution in [3.63, 3.8) is 0 Å². The molecule has 1 aliphatic heterocycles. The summed E-state index contributed by atoms with van der Waals surface area (Å²) in [6.45, 7) is 2.33. The number of hydrogen-bond donors (Lipinski definition) is 2. The van der Waals surface area contributed by atoms with Crippen molar-refractivity contribution < 1.29 is 18.0 Å². The number of fused-ring (bicyclic) bond motifs is 1. The van der Waals surface area contributed by atoms with Gasteiger partial charge in [-0.15, -0.1) is 12.4 Å². The van der Waals surface area contributed by atoms with E-state index in [2.05, 4.69) is 15.6 Å². The maximum Gasteiger partial charge on any atom is 0.405 e. The highest BCUT2D eigenvalue weighted by atomic mass is 35.5. The molecule has 29 heavy (non-hydrogen) atoms. The van der Waals surface area contributed by atoms with Crippen LogP contribution in [0.3, 0.4) is 0 Å². The van der Waals surface area contributed by atoms with E-state index in [4.69, 9.17) is 0 Å². The molecular formula is C18H23ClF3N5O2. The Bertz CT molecular complexity index is 912. The maximum atomic E-state index is 13.4. The first kappa shape index (κ1) is 23.1. The lowest BCUT2D eigenvalue weighted by Gasteiger charge is -2.35. The summed E-state index contributed by atoms with van der Waals surface area (Å²) < 4.78 is 41.2. The van der Waals surface area contributed by atoms with Crippen LogP contribution in [0.2, 0.25) is 0 Å². The molecule has 0 spiro atoms. The molecule has 7 nitrogen and oxygen atoms in total. The van der Waals surface area contributed by atoms with Crippen molar-refractivity contribution in [2.75, 3.05) is 32.7 Å². The second kappa shape index (κ2) is 9.55. The summed E-state index contributed by atoms with van der Waals surface area (Å²) in [5.41, 5.74) is 0.966. The van der Waals surface area contributed by atoms with E-state index in [0.717, 1.165) is 10.1 Å². The van der Waals surface area contributed by atoms with Crippen LogP contribution in [0, 0.1) is 6.92 Å². The number of nitrogens with one attached hydrogen (secondary N) is 2. The van der Waals surface area contributed by atoms with Gasteiger partial charge >= 0.3 is 6.18 Å². The van der Waals surface area contributed by atoms with Crippen molar-refractivity contribution in [1.29, 1.82) is 0 Å². The molecule has 2 N–H and O–H groups in total. The Morgan fingerprint density at radius 3 is 2.66 bits per heavy atom. The van der Waals surface area contributed by atoms with Crippen LogP contribution in [0.1, 0.15) is 5.56 Å². The highest BCUT2D eigenvalue weighted by molar-refractivity contribution is 5.85. The summed E-state index contributed by atoms with van der Waals surface area (Å²) in [4.78, 5) is 30.2. The van der Waals surface area contributed by atoms with Gasteiger partial charge in [-0.2, -0.15) is 13.2 Å². The van der Waals surface area contributed by atoms with Crippen molar-refractivity contribution in [3.8, 4) is 0 Å². The molecule has 2 aromatic rings. The fourth-order valence-electron chi connectivity index (χ4n) is 3.32. The Labute approximate surface area is 171 Å². The quantitative estimate of drug-likeness (QED) is 0.737. The molecule has 1 atom stereocenters. The minimum atomic E-state index is -4.45. The van der Waals surface area contributed by atoms with Crippen molar-refractivity contribution in [1.82, 2.24) is 25.1 Å². The van der Waals surface area contributed by atoms with E-state index in [1.54, 1.807) is 12.1 Å². The third-order valence-corrected chi connectivity index (χ3v) is 4.83. The summed E-state index contributed by atoms with van der Waals surface area (Å²) in [5, 5.41) is 5.68. The fourth-order valence-corrected chi connectivity index (χ4v) is 3.32. The molecule has 160 valence electrons. The van der Waals surface area contributed by atoms with E-state index in [1.165, 1.54) is 11.2 Å². The lowest BCUT2D eigenvalue weighted by atomic mass is 10.1. The molecule has 0 aliphatic carbocycles. The van der Waals surface area contributed by atoms with Gasteiger partial charge in [0.25, 0.3) is 5.56 Å². The van der Waals surface area contributed by atoms with E-state index in [-0.39, 0.29) is 32.0 Å². The summed E-state index contributed by atoms with van der Waals surface area (Å²) in [6.07, 6.45) is -3.21. The highest BCUT2D eigenvalue weighted by Gasteiger charge is 2.43. The highest BCUT2D eigenvalue weighted by Crippen LogP contribution is 2.24. The molecule has 11 heteroatoms. The number of alkyl halides is 3. The summed E-state index contributed by atoms with van der Waals surface area (Å²) >= 11 is 0. The van der Waals surface area contributed by atoms with Gasteiger partial charge in [-0.1, -0.05) is 12.1 Å². The molecule has 1 aromatic heterocycles. The Morgan fingerprint density at radius 1 is 1.31 bits per heavy atom. The molecular weight excluding hydrogens is 411 g/mol. The van der Waals surface area contributed by atoms with Gasteiger partial charge in [-0.3, -0.25) is 19.1 Å². The number of amides is 1. The molecule has 1 unspecified atom stereocenters. The van der Waals surface area contributed by atoms with Crippen LogP contribution in [0.15, 0.2) is 29.3 Å². The Balaban J connectivity index is 0.00000300. The number of aryl methyl sites for hydroxylation is 1. The second-order valence-corrected chi connectivity index (χ2v) is 6.80. The largest absolute Gasteiger partial charge is 0.405 e. The first-order chi connectivity index (χ1) is 13.3. The molecule has 0 saturated carbocycles. The molecule has 1 amide bonds. The zero-order valence-electron chi connectivity index (χ0n) is 15.8. The first-order valence-electron chi connectivity index (χ1n) is 9.00. The van der Waals surface area contributed by atoms with E-state index in [0.29, 0.717) is 24.0 Å². The van der Waals surface area contributed by atoms with Crippen molar-refractivity contribution in [3.05, 3.63) is 40.4 Å². The average molecular weight is 434 g/mol. The van der Waals surface area contributed by atoms with Gasteiger partial charge in [0, 0.05) is 32.7 Å². The summed E-state index contributed by atoms with van der Waals surface area (Å²) in [6, 6.07) is 3.38. The standard InChI is InChI=1S/C18H22F3N5O2.ClH/c1-12-3-2-4-13-16(12)24-11-26(17(13)28)10-15(27)23-9-14(18(19,20)21)25-7-5-22-6-8-25;/h2-4,11,14,22H,5-10H2,1H3,(H,23,27);1H. The van der Waals surface area contributed by atoms with Gasteiger partial charge in [0.1, 0.15) is 12.6 Å². The minimum absolute atomic E-state index is 0. The van der Waals surface area contributed by atoms with Gasteiger partial charge in [0.2, 0.25) is 5.91 Å². The maximum absolute atomic E-state index is 13.4. The summed E-state index contributed by atoms with van der Waals surface area (Å²) in [5.74, 6) is -0.666. The van der Waals surface area contributed by atoms with E-state index in [9.17, 15) is 22.8 Å². The number of carbonyl (C=O) groups excluding carboxylic acids is 1. The van der Waals surface area contributed by atoms with E-state index < -0.39 is 30.2 Å². The van der Waals surface area contributed by atoms with Crippen LogP contribution in [0.25, 0.3) is 10.9 Å². The normalized spacial score (nSPS) is 16.3. The van der Waals surface area contributed by atoms with Gasteiger partial charge in [-0.05, 0) is 18.6 Å². The number of carbonyl (C=O) groups is 1. The molecule has 0 bridgehead atoms. The number of benzene rings is 1. The third-order valence-electron chi connectivity index (χ3n) is 4.83. The van der Waals surface area contributed by atoms with E-state index >= 15 is 0 Å². The molecule has 1 aliphatic rings. The van der Waals surface area contributed by atoms with Gasteiger partial charge < -0.3 is 10.6 Å². The van der Waals surface area contributed by atoms with Crippen molar-refractivity contribution in [2.24, 2.45) is 0 Å². The molecule has 2 heterocycles. The topological polar surface area (TPSA) is 79.3 Å². The molecule has 1 fully saturated rings. The second-order valence-electron chi connectivity index (χ2n) is 6.80. The lowest BCUT2D eigenvalue weighted by molar-refractivity contribution is -0.184. The Morgan fingerprint density at radius 2 is 2.00 bits per heavy atom. The van der Waals surface area contributed by atoms with Gasteiger partial charge in [-0.25, -0.2) is 4.98 Å². The Hall–Kier alpha value is -2.17. The number of para-hydroxylation sites is 1. The third kappa shape index (κ3) is 5.46. The predicted molar refractivity (Wildman–Crippen MR) is 105 cm³/mol. The molecule has 3 rings (SSSR count). The number of rotatable bonds is 5. The zero-order valence-corrected chi connectivity index (χ0v) is 16.6.